The number of carbonyl (C=O) groups excluding carboxylic acids is 1. The Balaban J connectivity index is 1.95. The van der Waals surface area contributed by atoms with E-state index in [1.54, 1.807) is 6.07 Å². The van der Waals surface area contributed by atoms with Crippen LogP contribution in [0.1, 0.15) is 17.5 Å². The van der Waals surface area contributed by atoms with Crippen LogP contribution >= 0.6 is 0 Å². The highest BCUT2D eigenvalue weighted by atomic mass is 16.5. The molecule has 0 unspecified atom stereocenters. The topological polar surface area (TPSA) is 75.6 Å². The summed E-state index contributed by atoms with van der Waals surface area (Å²) in [6.07, 6.45) is 6.03. The molecular weight excluding hydrogens is 246 g/mol. The molecular formula is C14H15NO4. The predicted octanol–water partition coefficient (Wildman–Crippen LogP) is 1.23. The molecule has 0 aromatic heterocycles. The van der Waals surface area contributed by atoms with Gasteiger partial charge in [0, 0.05) is 5.56 Å². The predicted molar refractivity (Wildman–Crippen MR) is 69.9 cm³/mol. The van der Waals surface area contributed by atoms with Crippen molar-refractivity contribution in [3.05, 3.63) is 35.4 Å². The lowest BCUT2D eigenvalue weighted by Gasteiger charge is -2.15. The molecule has 5 nitrogen and oxygen atoms in total. The summed E-state index contributed by atoms with van der Waals surface area (Å²) >= 11 is 0. The van der Waals surface area contributed by atoms with Gasteiger partial charge < -0.3 is 15.2 Å². The van der Waals surface area contributed by atoms with Crippen molar-refractivity contribution >= 4 is 18.0 Å². The number of carboxylic acid groups (broad SMARTS) is 1. The molecule has 0 saturated carbocycles. The van der Waals surface area contributed by atoms with Crippen molar-refractivity contribution in [2.45, 2.75) is 12.8 Å². The minimum absolute atomic E-state index is 0.183. The molecule has 100 valence electrons. The first-order valence-corrected chi connectivity index (χ1v) is 6.06. The Morgan fingerprint density at radius 2 is 2.21 bits per heavy atom. The molecule has 1 amide bonds. The quantitative estimate of drug-likeness (QED) is 0.835. The largest absolute Gasteiger partial charge is 0.483 e. The number of amides is 1. The van der Waals surface area contributed by atoms with E-state index in [2.05, 4.69) is 11.4 Å². The second-order valence-corrected chi connectivity index (χ2v) is 4.23. The molecule has 1 aromatic carbocycles. The van der Waals surface area contributed by atoms with E-state index in [1.807, 2.05) is 18.2 Å². The van der Waals surface area contributed by atoms with E-state index >= 15 is 0 Å². The van der Waals surface area contributed by atoms with Crippen LogP contribution < -0.4 is 10.1 Å². The molecule has 19 heavy (non-hydrogen) atoms. The van der Waals surface area contributed by atoms with Gasteiger partial charge in [-0.05, 0) is 24.5 Å². The SMILES string of the molecule is O=C(O)CNC(=O)COc1cccc2c1C=CCC2. The first-order valence-electron chi connectivity index (χ1n) is 6.06. The van der Waals surface area contributed by atoms with Crippen LogP contribution in [-0.4, -0.2) is 30.1 Å². The van der Waals surface area contributed by atoms with Gasteiger partial charge >= 0.3 is 5.97 Å². The van der Waals surface area contributed by atoms with Crippen molar-refractivity contribution in [3.63, 3.8) is 0 Å². The Kier molecular flexibility index (Phi) is 4.18. The maximum Gasteiger partial charge on any atom is 0.322 e. The van der Waals surface area contributed by atoms with E-state index in [4.69, 9.17) is 9.84 Å². The number of allylic oxidation sites excluding steroid dienone is 1. The summed E-state index contributed by atoms with van der Waals surface area (Å²) in [6.45, 7) is -0.577. The van der Waals surface area contributed by atoms with E-state index < -0.39 is 18.4 Å². The summed E-state index contributed by atoms with van der Waals surface area (Å²) in [4.78, 5) is 21.7. The number of rotatable bonds is 5. The maximum absolute atomic E-state index is 11.4. The van der Waals surface area contributed by atoms with Gasteiger partial charge in [-0.25, -0.2) is 0 Å². The van der Waals surface area contributed by atoms with Gasteiger partial charge in [0.1, 0.15) is 12.3 Å². The van der Waals surface area contributed by atoms with Gasteiger partial charge in [-0.1, -0.05) is 24.3 Å². The fourth-order valence-corrected chi connectivity index (χ4v) is 1.93. The Bertz CT molecular complexity index is 522. The van der Waals surface area contributed by atoms with E-state index in [9.17, 15) is 9.59 Å². The normalized spacial score (nSPS) is 12.6. The first-order chi connectivity index (χ1) is 9.16. The number of fused-ring (bicyclic) bond motifs is 1. The zero-order chi connectivity index (χ0) is 13.7. The highest BCUT2D eigenvalue weighted by Gasteiger charge is 2.11. The number of hydrogen-bond acceptors (Lipinski definition) is 3. The molecule has 2 N–H and O–H groups in total. The molecule has 5 heteroatoms. The van der Waals surface area contributed by atoms with Gasteiger partial charge in [0.15, 0.2) is 6.61 Å². The highest BCUT2D eigenvalue weighted by molar-refractivity contribution is 5.82. The number of nitrogens with one attached hydrogen (secondary N) is 1. The number of benzene rings is 1. The van der Waals surface area contributed by atoms with Gasteiger partial charge in [-0.2, -0.15) is 0 Å². The van der Waals surface area contributed by atoms with Crippen molar-refractivity contribution in [3.8, 4) is 5.75 Å². The van der Waals surface area contributed by atoms with Crippen LogP contribution in [-0.2, 0) is 16.0 Å². The van der Waals surface area contributed by atoms with Gasteiger partial charge in [-0.15, -0.1) is 0 Å². The summed E-state index contributed by atoms with van der Waals surface area (Å²) in [5.41, 5.74) is 2.20. The molecule has 0 spiro atoms. The van der Waals surface area contributed by atoms with E-state index in [0.717, 1.165) is 18.4 Å². The van der Waals surface area contributed by atoms with E-state index in [1.165, 1.54) is 5.56 Å². The van der Waals surface area contributed by atoms with Crippen molar-refractivity contribution in [2.24, 2.45) is 0 Å². The molecule has 0 saturated heterocycles. The Morgan fingerprint density at radius 3 is 3.00 bits per heavy atom. The molecule has 0 radical (unpaired) electrons. The summed E-state index contributed by atoms with van der Waals surface area (Å²) < 4.78 is 5.44. The number of aliphatic carboxylic acids is 1. The Labute approximate surface area is 110 Å². The number of hydrogen-bond donors (Lipinski definition) is 2. The average Bonchev–Trinajstić information content (AvgIpc) is 2.42. The lowest BCUT2D eigenvalue weighted by atomic mass is 9.97. The highest BCUT2D eigenvalue weighted by Crippen LogP contribution is 2.28. The second-order valence-electron chi connectivity index (χ2n) is 4.23. The molecule has 0 atom stereocenters. The number of carbonyl (C=O) groups is 2. The van der Waals surface area contributed by atoms with Crippen molar-refractivity contribution in [2.75, 3.05) is 13.2 Å². The van der Waals surface area contributed by atoms with Crippen LogP contribution in [0.25, 0.3) is 6.08 Å². The third-order valence-corrected chi connectivity index (χ3v) is 2.82. The molecule has 0 aliphatic heterocycles. The monoisotopic (exact) mass is 261 g/mol. The van der Waals surface area contributed by atoms with E-state index in [0.29, 0.717) is 5.75 Å². The molecule has 1 aliphatic rings. The first kappa shape index (κ1) is 13.1. The van der Waals surface area contributed by atoms with Gasteiger partial charge in [-0.3, -0.25) is 9.59 Å². The Morgan fingerprint density at radius 1 is 1.37 bits per heavy atom. The van der Waals surface area contributed by atoms with Crippen molar-refractivity contribution in [1.82, 2.24) is 5.32 Å². The summed E-state index contributed by atoms with van der Waals surface area (Å²) in [7, 11) is 0. The third-order valence-electron chi connectivity index (χ3n) is 2.82. The van der Waals surface area contributed by atoms with Crippen LogP contribution in [0.5, 0.6) is 5.75 Å². The average molecular weight is 261 g/mol. The lowest BCUT2D eigenvalue weighted by molar-refractivity contribution is -0.138. The van der Waals surface area contributed by atoms with Crippen LogP contribution in [0.2, 0.25) is 0 Å². The summed E-state index contributed by atoms with van der Waals surface area (Å²) in [5, 5.41) is 10.7. The molecule has 1 aromatic rings. The molecule has 0 bridgehead atoms. The summed E-state index contributed by atoms with van der Waals surface area (Å²) in [6, 6.07) is 5.73. The standard InChI is InChI=1S/C14H15NO4/c16-13(15-8-14(17)18)9-19-12-7-3-5-10-4-1-2-6-11(10)12/h2-3,5-7H,1,4,8-9H2,(H,15,16)(H,17,18). The number of carboxylic acids is 1. The minimum atomic E-state index is -1.08. The van der Waals surface area contributed by atoms with Crippen LogP contribution in [0.3, 0.4) is 0 Å². The molecule has 1 aliphatic carbocycles. The van der Waals surface area contributed by atoms with Gasteiger partial charge in [0.25, 0.3) is 5.91 Å². The molecule has 0 heterocycles. The minimum Gasteiger partial charge on any atom is -0.483 e. The van der Waals surface area contributed by atoms with Crippen LogP contribution in [0.4, 0.5) is 0 Å². The second kappa shape index (κ2) is 6.04. The molecule has 0 fully saturated rings. The summed E-state index contributed by atoms with van der Waals surface area (Å²) in [5.74, 6) is -0.868. The smallest absolute Gasteiger partial charge is 0.322 e. The third kappa shape index (κ3) is 3.58. The maximum atomic E-state index is 11.4. The van der Waals surface area contributed by atoms with Crippen LogP contribution in [0, 0.1) is 0 Å². The van der Waals surface area contributed by atoms with Crippen LogP contribution in [0.15, 0.2) is 24.3 Å². The number of ether oxygens (including phenoxy) is 1. The van der Waals surface area contributed by atoms with Gasteiger partial charge in [0.2, 0.25) is 0 Å². The fourth-order valence-electron chi connectivity index (χ4n) is 1.93. The lowest BCUT2D eigenvalue weighted by Crippen LogP contribution is -2.33. The zero-order valence-corrected chi connectivity index (χ0v) is 10.4. The molecule has 2 rings (SSSR count). The van der Waals surface area contributed by atoms with Crippen molar-refractivity contribution in [1.29, 1.82) is 0 Å². The fraction of sp³-hybridized carbons (Fsp3) is 0.286. The van der Waals surface area contributed by atoms with Gasteiger partial charge in [0.05, 0.1) is 0 Å². The zero-order valence-electron chi connectivity index (χ0n) is 10.4. The Hall–Kier alpha value is -2.30. The van der Waals surface area contributed by atoms with E-state index in [-0.39, 0.29) is 6.61 Å². The van der Waals surface area contributed by atoms with Crippen molar-refractivity contribution < 1.29 is 19.4 Å². The number of aryl methyl sites for hydroxylation is 1.